The number of aromatic nitrogens is 2. The van der Waals surface area contributed by atoms with Crippen molar-refractivity contribution < 1.29 is 14.3 Å². The molecule has 1 aliphatic heterocycles. The molecule has 0 atom stereocenters. The zero-order valence-corrected chi connectivity index (χ0v) is 14.8. The van der Waals surface area contributed by atoms with E-state index in [-0.39, 0.29) is 5.56 Å². The molecule has 2 heterocycles. The van der Waals surface area contributed by atoms with Crippen LogP contribution in [0.3, 0.4) is 0 Å². The van der Waals surface area contributed by atoms with Gasteiger partial charge in [0.2, 0.25) is 0 Å². The summed E-state index contributed by atoms with van der Waals surface area (Å²) in [5.41, 5.74) is 3.18. The molecule has 1 N–H and O–H groups in total. The Morgan fingerprint density at radius 3 is 2.41 bits per heavy atom. The van der Waals surface area contributed by atoms with Crippen LogP contribution in [0, 0.1) is 5.82 Å². The van der Waals surface area contributed by atoms with Gasteiger partial charge >= 0.3 is 0 Å². The molecule has 3 aromatic rings. The zero-order chi connectivity index (χ0) is 18.8. The molecule has 1 aromatic heterocycles. The number of nitrogens with zero attached hydrogens (tertiary/aromatic N) is 3. The van der Waals surface area contributed by atoms with Crippen molar-refractivity contribution in [3.63, 3.8) is 0 Å². The van der Waals surface area contributed by atoms with Crippen LogP contribution in [0.2, 0.25) is 0 Å². The third kappa shape index (κ3) is 3.43. The van der Waals surface area contributed by atoms with Crippen LogP contribution in [0.25, 0.3) is 16.8 Å². The third-order valence-corrected chi connectivity index (χ3v) is 4.97. The first kappa shape index (κ1) is 17.3. The highest BCUT2D eigenvalue weighted by molar-refractivity contribution is 5.82. The number of hydrogen-bond acceptors (Lipinski definition) is 4. The van der Waals surface area contributed by atoms with Crippen LogP contribution in [0.15, 0.2) is 48.8 Å². The largest absolute Gasteiger partial charge is 0.504 e. The second kappa shape index (κ2) is 7.23. The molecule has 0 unspecified atom stereocenters. The highest BCUT2D eigenvalue weighted by Crippen LogP contribution is 2.29. The Kier molecular flexibility index (Phi) is 4.62. The van der Waals surface area contributed by atoms with Gasteiger partial charge in [-0.3, -0.25) is 4.79 Å². The minimum absolute atomic E-state index is 0.0800. The maximum atomic E-state index is 13.8. The van der Waals surface area contributed by atoms with Crippen LogP contribution >= 0.6 is 0 Å². The molecule has 0 bridgehead atoms. The molecule has 0 saturated carbocycles. The quantitative estimate of drug-likeness (QED) is 0.705. The summed E-state index contributed by atoms with van der Waals surface area (Å²) < 4.78 is 15.5. The second-order valence-corrected chi connectivity index (χ2v) is 6.75. The van der Waals surface area contributed by atoms with Crippen molar-refractivity contribution in [2.24, 2.45) is 0 Å². The number of carbonyl (C=O) groups is 1. The van der Waals surface area contributed by atoms with E-state index in [1.807, 2.05) is 12.1 Å². The molecule has 6 heteroatoms. The van der Waals surface area contributed by atoms with Crippen LogP contribution in [0.1, 0.15) is 29.6 Å². The molecule has 0 amide bonds. The number of rotatable bonds is 4. The van der Waals surface area contributed by atoms with E-state index in [1.54, 1.807) is 17.1 Å². The SMILES string of the molecule is O=Cc1cc(-c2cnn(-c3ccc(N4CCCCC4)cc3)c2)cc(F)c1O. The van der Waals surface area contributed by atoms with Gasteiger partial charge in [-0.05, 0) is 61.2 Å². The topological polar surface area (TPSA) is 58.4 Å². The second-order valence-electron chi connectivity index (χ2n) is 6.75. The number of piperidine rings is 1. The Morgan fingerprint density at radius 2 is 1.70 bits per heavy atom. The van der Waals surface area contributed by atoms with Crippen molar-refractivity contribution in [3.05, 3.63) is 60.2 Å². The van der Waals surface area contributed by atoms with Crippen LogP contribution in [0.5, 0.6) is 5.75 Å². The summed E-state index contributed by atoms with van der Waals surface area (Å²) in [4.78, 5) is 13.4. The number of anilines is 1. The number of carbonyl (C=O) groups excluding carboxylic acids is 1. The number of phenolic OH excluding ortho intramolecular Hbond substituents is 1. The summed E-state index contributed by atoms with van der Waals surface area (Å²) in [6.45, 7) is 2.19. The van der Waals surface area contributed by atoms with Gasteiger partial charge in [0.15, 0.2) is 17.9 Å². The molecule has 1 fully saturated rings. The van der Waals surface area contributed by atoms with E-state index in [0.29, 0.717) is 17.4 Å². The molecule has 1 saturated heterocycles. The van der Waals surface area contributed by atoms with Crippen LogP contribution in [-0.2, 0) is 0 Å². The molecular weight excluding hydrogens is 345 g/mol. The Morgan fingerprint density at radius 1 is 1.00 bits per heavy atom. The summed E-state index contributed by atoms with van der Waals surface area (Å²) in [5.74, 6) is -1.46. The Balaban J connectivity index is 1.59. The Labute approximate surface area is 156 Å². The normalized spacial score (nSPS) is 14.3. The first-order chi connectivity index (χ1) is 13.2. The van der Waals surface area contributed by atoms with Crippen molar-refractivity contribution in [3.8, 4) is 22.6 Å². The van der Waals surface area contributed by atoms with Crippen LogP contribution in [0.4, 0.5) is 10.1 Å². The Hall–Kier alpha value is -3.15. The number of aldehydes is 1. The molecule has 0 spiro atoms. The lowest BCUT2D eigenvalue weighted by molar-refractivity contribution is 0.112. The summed E-state index contributed by atoms with van der Waals surface area (Å²) in [7, 11) is 0. The van der Waals surface area contributed by atoms with Crippen molar-refractivity contribution >= 4 is 12.0 Å². The lowest BCUT2D eigenvalue weighted by atomic mass is 10.1. The lowest BCUT2D eigenvalue weighted by Crippen LogP contribution is -2.29. The standard InChI is InChI=1S/C21H20FN3O2/c22-20-11-15(10-16(14-26)21(20)27)17-12-23-25(13-17)19-6-4-18(5-7-19)24-8-2-1-3-9-24/h4-7,10-14,27H,1-3,8-9H2. The molecule has 4 rings (SSSR count). The minimum Gasteiger partial charge on any atom is -0.504 e. The average molecular weight is 365 g/mol. The van der Waals surface area contributed by atoms with E-state index in [4.69, 9.17) is 0 Å². The maximum Gasteiger partial charge on any atom is 0.166 e. The molecule has 138 valence electrons. The number of phenols is 1. The first-order valence-electron chi connectivity index (χ1n) is 9.04. The van der Waals surface area contributed by atoms with Crippen molar-refractivity contribution in [2.45, 2.75) is 19.3 Å². The highest BCUT2D eigenvalue weighted by atomic mass is 19.1. The maximum absolute atomic E-state index is 13.8. The number of aromatic hydroxyl groups is 1. The smallest absolute Gasteiger partial charge is 0.166 e. The third-order valence-electron chi connectivity index (χ3n) is 4.97. The van der Waals surface area contributed by atoms with Gasteiger partial charge in [-0.25, -0.2) is 9.07 Å². The van der Waals surface area contributed by atoms with E-state index in [0.717, 1.165) is 18.8 Å². The van der Waals surface area contributed by atoms with E-state index in [9.17, 15) is 14.3 Å². The fourth-order valence-electron chi connectivity index (χ4n) is 3.46. The van der Waals surface area contributed by atoms with Gasteiger partial charge in [0.25, 0.3) is 0 Å². The van der Waals surface area contributed by atoms with Gasteiger partial charge in [-0.1, -0.05) is 0 Å². The molecule has 1 aliphatic rings. The zero-order valence-electron chi connectivity index (χ0n) is 14.8. The fraction of sp³-hybridized carbons (Fsp3) is 0.238. The summed E-state index contributed by atoms with van der Waals surface area (Å²) in [6, 6.07) is 10.8. The molecule has 27 heavy (non-hydrogen) atoms. The predicted molar refractivity (Wildman–Crippen MR) is 102 cm³/mol. The number of hydrogen-bond donors (Lipinski definition) is 1. The van der Waals surface area contributed by atoms with Gasteiger partial charge in [0, 0.05) is 30.5 Å². The minimum atomic E-state index is -0.826. The van der Waals surface area contributed by atoms with Crippen molar-refractivity contribution in [1.82, 2.24) is 9.78 Å². The van der Waals surface area contributed by atoms with Crippen molar-refractivity contribution in [1.29, 1.82) is 0 Å². The van der Waals surface area contributed by atoms with E-state index in [2.05, 4.69) is 22.1 Å². The molecule has 0 radical (unpaired) electrons. The monoisotopic (exact) mass is 365 g/mol. The lowest BCUT2D eigenvalue weighted by Gasteiger charge is -2.28. The molecule has 0 aliphatic carbocycles. The molecule has 2 aromatic carbocycles. The van der Waals surface area contributed by atoms with Gasteiger partial charge in [-0.15, -0.1) is 0 Å². The number of halogens is 1. The first-order valence-corrected chi connectivity index (χ1v) is 9.04. The molecule has 5 nitrogen and oxygen atoms in total. The van der Waals surface area contributed by atoms with Crippen LogP contribution in [-0.4, -0.2) is 34.3 Å². The highest BCUT2D eigenvalue weighted by Gasteiger charge is 2.13. The van der Waals surface area contributed by atoms with Crippen molar-refractivity contribution in [2.75, 3.05) is 18.0 Å². The van der Waals surface area contributed by atoms with Crippen LogP contribution < -0.4 is 4.90 Å². The van der Waals surface area contributed by atoms with E-state index < -0.39 is 11.6 Å². The summed E-state index contributed by atoms with van der Waals surface area (Å²) in [6.07, 6.45) is 7.59. The van der Waals surface area contributed by atoms with Gasteiger partial charge in [0.1, 0.15) is 0 Å². The van der Waals surface area contributed by atoms with Gasteiger partial charge in [-0.2, -0.15) is 5.10 Å². The predicted octanol–water partition coefficient (Wildman–Crippen LogP) is 4.19. The van der Waals surface area contributed by atoms with E-state index >= 15 is 0 Å². The van der Waals surface area contributed by atoms with E-state index in [1.165, 1.54) is 37.1 Å². The fourth-order valence-corrected chi connectivity index (χ4v) is 3.46. The average Bonchev–Trinajstić information content (AvgIpc) is 3.21. The molecular formula is C21H20FN3O2. The summed E-state index contributed by atoms with van der Waals surface area (Å²) in [5, 5.41) is 13.9. The van der Waals surface area contributed by atoms with Gasteiger partial charge in [0.05, 0.1) is 17.4 Å². The Bertz CT molecular complexity index is 960. The van der Waals surface area contributed by atoms with Gasteiger partial charge < -0.3 is 10.0 Å². The number of benzene rings is 2. The summed E-state index contributed by atoms with van der Waals surface area (Å²) >= 11 is 0.